The molecule has 0 fully saturated rings. The summed E-state index contributed by atoms with van der Waals surface area (Å²) >= 11 is 3.50. The maximum absolute atomic E-state index is 9.88. The number of pyridine rings is 1. The lowest BCUT2D eigenvalue weighted by Gasteiger charge is -2.23. The number of hydrazine groups is 2. The summed E-state index contributed by atoms with van der Waals surface area (Å²) in [5.41, 5.74) is 6.79. The number of aromatic nitrogens is 1. The molecule has 0 saturated heterocycles. The maximum atomic E-state index is 9.88. The molecule has 7 heteroatoms. The van der Waals surface area contributed by atoms with Crippen molar-refractivity contribution in [1.82, 2.24) is 21.0 Å². The highest BCUT2D eigenvalue weighted by Crippen LogP contribution is 2.27. The number of aliphatic hydroxyl groups is 1. The van der Waals surface area contributed by atoms with E-state index in [0.717, 1.165) is 17.4 Å². The summed E-state index contributed by atoms with van der Waals surface area (Å²) in [6.45, 7) is 6.94. The van der Waals surface area contributed by atoms with Crippen LogP contribution in [-0.4, -0.2) is 21.6 Å². The summed E-state index contributed by atoms with van der Waals surface area (Å²) in [6.07, 6.45) is 9.53. The van der Waals surface area contributed by atoms with Crippen LogP contribution in [0.2, 0.25) is 0 Å². The first kappa shape index (κ1) is 19.5. The van der Waals surface area contributed by atoms with E-state index in [0.29, 0.717) is 23.1 Å². The van der Waals surface area contributed by atoms with Crippen LogP contribution in [0.5, 0.6) is 5.88 Å². The molecule has 25 heavy (non-hydrogen) atoms. The van der Waals surface area contributed by atoms with Crippen molar-refractivity contribution in [2.45, 2.75) is 33.3 Å². The highest BCUT2D eigenvalue weighted by Gasteiger charge is 2.14. The molecular weight excluding hydrogens is 384 g/mol. The van der Waals surface area contributed by atoms with E-state index >= 15 is 0 Å². The molecule has 2 rings (SSSR count). The largest absolute Gasteiger partial charge is 0.437 e. The second-order valence-electron chi connectivity index (χ2n) is 5.96. The Morgan fingerprint density at radius 1 is 1.40 bits per heavy atom. The normalized spacial score (nSPS) is 22.8. The second kappa shape index (κ2) is 9.60. The fraction of sp³-hybridized carbons (Fsp3) is 0.389. The number of ether oxygens (including phenoxy) is 1. The van der Waals surface area contributed by atoms with E-state index in [9.17, 15) is 5.11 Å². The summed E-state index contributed by atoms with van der Waals surface area (Å²) in [7, 11) is 0. The monoisotopic (exact) mass is 408 g/mol. The molecule has 0 amide bonds. The van der Waals surface area contributed by atoms with Crippen molar-refractivity contribution in [2.24, 2.45) is 5.92 Å². The molecule has 1 aromatic heterocycles. The van der Waals surface area contributed by atoms with Crippen LogP contribution in [0.1, 0.15) is 38.9 Å². The lowest BCUT2D eigenvalue weighted by atomic mass is 10.1. The number of allylic oxidation sites excluding steroid dienone is 3. The van der Waals surface area contributed by atoms with Crippen molar-refractivity contribution in [3.05, 3.63) is 58.7 Å². The summed E-state index contributed by atoms with van der Waals surface area (Å²) in [4.78, 5) is 4.23. The van der Waals surface area contributed by atoms with Crippen molar-refractivity contribution in [2.75, 3.05) is 6.54 Å². The molecule has 0 aromatic carbocycles. The summed E-state index contributed by atoms with van der Waals surface area (Å²) in [5.74, 6) is 1.52. The molecule has 3 N–H and O–H groups in total. The first-order valence-electron chi connectivity index (χ1n) is 8.34. The Kier molecular flexibility index (Phi) is 7.49. The SMILES string of the molecule is CCC(C)CN1/C=C/C=C(Oc2ncccc2C(C)O)\C(Br)=C\NN1. The van der Waals surface area contributed by atoms with Gasteiger partial charge in [0.05, 0.1) is 10.6 Å². The molecule has 136 valence electrons. The van der Waals surface area contributed by atoms with Gasteiger partial charge >= 0.3 is 0 Å². The number of aliphatic hydroxyl groups excluding tert-OH is 1. The summed E-state index contributed by atoms with van der Waals surface area (Å²) in [6, 6.07) is 3.57. The Morgan fingerprint density at radius 2 is 2.20 bits per heavy atom. The van der Waals surface area contributed by atoms with E-state index in [1.807, 2.05) is 23.4 Å². The number of nitrogens with zero attached hydrogens (tertiary/aromatic N) is 2. The maximum Gasteiger partial charge on any atom is 0.225 e. The first-order chi connectivity index (χ1) is 12.0. The highest BCUT2D eigenvalue weighted by atomic mass is 79.9. The Bertz CT molecular complexity index is 658. The number of rotatable bonds is 6. The minimum atomic E-state index is -0.662. The zero-order chi connectivity index (χ0) is 18.2. The quantitative estimate of drug-likeness (QED) is 0.668. The second-order valence-corrected chi connectivity index (χ2v) is 6.82. The molecule has 2 heterocycles. The van der Waals surface area contributed by atoms with E-state index < -0.39 is 6.10 Å². The van der Waals surface area contributed by atoms with Crippen molar-refractivity contribution in [1.29, 1.82) is 0 Å². The average molecular weight is 409 g/mol. The minimum Gasteiger partial charge on any atom is -0.437 e. The third kappa shape index (κ3) is 5.88. The molecule has 1 aliphatic heterocycles. The van der Waals surface area contributed by atoms with Gasteiger partial charge in [0.25, 0.3) is 0 Å². The molecule has 0 radical (unpaired) electrons. The van der Waals surface area contributed by atoms with Gasteiger partial charge in [0.2, 0.25) is 5.88 Å². The zero-order valence-corrected chi connectivity index (χ0v) is 16.3. The van der Waals surface area contributed by atoms with Crippen LogP contribution < -0.4 is 15.7 Å². The van der Waals surface area contributed by atoms with Crippen molar-refractivity contribution in [3.8, 4) is 5.88 Å². The van der Waals surface area contributed by atoms with Crippen LogP contribution in [-0.2, 0) is 0 Å². The number of halogens is 1. The average Bonchev–Trinajstić information content (AvgIpc) is 2.67. The smallest absolute Gasteiger partial charge is 0.225 e. The summed E-state index contributed by atoms with van der Waals surface area (Å²) < 4.78 is 6.65. The zero-order valence-electron chi connectivity index (χ0n) is 14.7. The van der Waals surface area contributed by atoms with Crippen molar-refractivity contribution < 1.29 is 9.84 Å². The number of hydrogen-bond acceptors (Lipinski definition) is 6. The van der Waals surface area contributed by atoms with Gasteiger partial charge in [0.15, 0.2) is 0 Å². The van der Waals surface area contributed by atoms with Crippen molar-refractivity contribution >= 4 is 15.9 Å². The van der Waals surface area contributed by atoms with Gasteiger partial charge in [-0.15, -0.1) is 5.53 Å². The molecular formula is C18H25BrN4O2. The van der Waals surface area contributed by atoms with Crippen LogP contribution in [0.3, 0.4) is 0 Å². The van der Waals surface area contributed by atoms with Gasteiger partial charge in [-0.3, -0.25) is 5.01 Å². The molecule has 6 nitrogen and oxygen atoms in total. The Balaban J connectivity index is 2.20. The van der Waals surface area contributed by atoms with Crippen molar-refractivity contribution in [3.63, 3.8) is 0 Å². The molecule has 1 aliphatic rings. The molecule has 0 saturated carbocycles. The van der Waals surface area contributed by atoms with Gasteiger partial charge in [0.1, 0.15) is 5.76 Å². The fourth-order valence-corrected chi connectivity index (χ4v) is 2.49. The minimum absolute atomic E-state index is 0.381. The van der Waals surface area contributed by atoms with Gasteiger partial charge in [0, 0.05) is 30.7 Å². The topological polar surface area (TPSA) is 69.7 Å². The van der Waals surface area contributed by atoms with Crippen LogP contribution in [0, 0.1) is 5.92 Å². The molecule has 2 unspecified atom stereocenters. The lowest BCUT2D eigenvalue weighted by Crippen LogP contribution is -2.43. The molecule has 0 aliphatic carbocycles. The summed E-state index contributed by atoms with van der Waals surface area (Å²) in [5, 5.41) is 11.9. The van der Waals surface area contributed by atoms with Crippen LogP contribution >= 0.6 is 15.9 Å². The predicted molar refractivity (Wildman–Crippen MR) is 102 cm³/mol. The Labute approximate surface area is 157 Å². The molecule has 2 atom stereocenters. The molecule has 0 spiro atoms. The number of nitrogens with one attached hydrogen (secondary N) is 2. The van der Waals surface area contributed by atoms with Crippen LogP contribution in [0.25, 0.3) is 0 Å². The predicted octanol–water partition coefficient (Wildman–Crippen LogP) is 3.52. The molecule has 0 bridgehead atoms. The third-order valence-electron chi connectivity index (χ3n) is 3.82. The van der Waals surface area contributed by atoms with E-state index in [1.165, 1.54) is 0 Å². The van der Waals surface area contributed by atoms with Gasteiger partial charge < -0.3 is 15.3 Å². The Hall–Kier alpha value is -1.83. The lowest BCUT2D eigenvalue weighted by molar-refractivity contribution is 0.194. The third-order valence-corrected chi connectivity index (χ3v) is 4.44. The first-order valence-corrected chi connectivity index (χ1v) is 9.13. The van der Waals surface area contributed by atoms with E-state index in [2.05, 4.69) is 45.7 Å². The van der Waals surface area contributed by atoms with E-state index in [4.69, 9.17) is 4.74 Å². The van der Waals surface area contributed by atoms with Gasteiger partial charge in [-0.05, 0) is 53.1 Å². The Morgan fingerprint density at radius 3 is 2.92 bits per heavy atom. The van der Waals surface area contributed by atoms with Gasteiger partial charge in [-0.25, -0.2) is 4.98 Å². The van der Waals surface area contributed by atoms with E-state index in [1.54, 1.807) is 31.5 Å². The fourth-order valence-electron chi connectivity index (χ4n) is 2.17. The van der Waals surface area contributed by atoms with Crippen LogP contribution in [0.4, 0.5) is 0 Å². The van der Waals surface area contributed by atoms with E-state index in [-0.39, 0.29) is 0 Å². The number of hydrogen-bond donors (Lipinski definition) is 3. The van der Waals surface area contributed by atoms with Gasteiger partial charge in [-0.2, -0.15) is 0 Å². The molecule has 1 aromatic rings. The van der Waals surface area contributed by atoms with Gasteiger partial charge in [-0.1, -0.05) is 20.3 Å². The standard InChI is InChI=1S/C18H25BrN4O2/c1-4-13(2)12-23-10-6-8-17(16(19)11-21-22-23)25-18-15(14(3)24)7-5-9-20-18/h5-11,13-14,21-22,24H,4,12H2,1-3H3/b10-6+,16-11-,17-8+. The van der Waals surface area contributed by atoms with Crippen LogP contribution in [0.15, 0.2) is 53.1 Å². The highest BCUT2D eigenvalue weighted by molar-refractivity contribution is 9.11.